The van der Waals surface area contributed by atoms with Gasteiger partial charge < -0.3 is 0 Å². The molecule has 0 bridgehead atoms. The lowest BCUT2D eigenvalue weighted by atomic mass is 10.2. The molecule has 1 aromatic rings. The van der Waals surface area contributed by atoms with E-state index in [2.05, 4.69) is 9.88 Å². The van der Waals surface area contributed by atoms with Gasteiger partial charge in [-0.3, -0.25) is 4.90 Å². The van der Waals surface area contributed by atoms with E-state index in [0.717, 1.165) is 12.2 Å². The molecule has 0 radical (unpaired) electrons. The molecular formula is C8H11ClN2S. The fraction of sp³-hybridized carbons (Fsp3) is 0.625. The van der Waals surface area contributed by atoms with Crippen LogP contribution in [0.15, 0.2) is 5.38 Å². The van der Waals surface area contributed by atoms with Crippen molar-refractivity contribution in [3.8, 4) is 0 Å². The van der Waals surface area contributed by atoms with Crippen molar-refractivity contribution < 1.29 is 0 Å². The van der Waals surface area contributed by atoms with Crippen LogP contribution in [0.1, 0.15) is 17.1 Å². The summed E-state index contributed by atoms with van der Waals surface area (Å²) in [5.41, 5.74) is 1.01. The number of hydrogen-bond acceptors (Lipinski definition) is 3. The summed E-state index contributed by atoms with van der Waals surface area (Å²) in [4.78, 5) is 6.80. The van der Waals surface area contributed by atoms with Gasteiger partial charge in [-0.2, -0.15) is 0 Å². The van der Waals surface area contributed by atoms with Gasteiger partial charge >= 0.3 is 0 Å². The average Bonchev–Trinajstić information content (AvgIpc) is 2.44. The van der Waals surface area contributed by atoms with Crippen molar-refractivity contribution >= 4 is 22.9 Å². The van der Waals surface area contributed by atoms with Crippen LogP contribution in [0, 0.1) is 0 Å². The summed E-state index contributed by atoms with van der Waals surface area (Å²) in [6.45, 7) is 3.48. The van der Waals surface area contributed by atoms with Crippen molar-refractivity contribution in [1.82, 2.24) is 9.88 Å². The van der Waals surface area contributed by atoms with E-state index < -0.39 is 0 Å². The van der Waals surface area contributed by atoms with Crippen molar-refractivity contribution in [2.75, 3.05) is 13.1 Å². The molecule has 12 heavy (non-hydrogen) atoms. The van der Waals surface area contributed by atoms with Gasteiger partial charge in [-0.25, -0.2) is 4.98 Å². The number of alkyl halides is 1. The molecule has 0 amide bonds. The van der Waals surface area contributed by atoms with Crippen molar-refractivity contribution in [1.29, 1.82) is 0 Å². The number of likely N-dealkylation sites (tertiary alicyclic amines) is 1. The Labute approximate surface area is 81.2 Å². The molecule has 2 rings (SSSR count). The molecule has 0 unspecified atom stereocenters. The minimum absolute atomic E-state index is 0.538. The van der Waals surface area contributed by atoms with Crippen LogP contribution in [0.3, 0.4) is 0 Å². The average molecular weight is 203 g/mol. The van der Waals surface area contributed by atoms with Gasteiger partial charge in [0.25, 0.3) is 0 Å². The first kappa shape index (κ1) is 8.48. The van der Waals surface area contributed by atoms with Crippen LogP contribution in [-0.2, 0) is 12.4 Å². The molecule has 0 aromatic carbocycles. The predicted octanol–water partition coefficient (Wildman–Crippen LogP) is 2.09. The van der Waals surface area contributed by atoms with Gasteiger partial charge in [-0.1, -0.05) is 0 Å². The van der Waals surface area contributed by atoms with Crippen LogP contribution in [0.2, 0.25) is 0 Å². The van der Waals surface area contributed by atoms with Gasteiger partial charge in [0.05, 0.1) is 18.1 Å². The first-order chi connectivity index (χ1) is 5.88. The molecule has 1 aromatic heterocycles. The minimum Gasteiger partial charge on any atom is -0.297 e. The Morgan fingerprint density at radius 2 is 2.42 bits per heavy atom. The molecule has 1 aliphatic heterocycles. The van der Waals surface area contributed by atoms with Crippen molar-refractivity contribution in [2.45, 2.75) is 18.8 Å². The fourth-order valence-electron chi connectivity index (χ4n) is 1.21. The van der Waals surface area contributed by atoms with E-state index >= 15 is 0 Å². The lowest BCUT2D eigenvalue weighted by Crippen LogP contribution is -2.36. The highest BCUT2D eigenvalue weighted by Gasteiger charge is 2.15. The summed E-state index contributed by atoms with van der Waals surface area (Å²) in [5, 5.41) is 3.24. The molecule has 0 saturated carbocycles. The van der Waals surface area contributed by atoms with Gasteiger partial charge in [0.1, 0.15) is 5.01 Å². The topological polar surface area (TPSA) is 16.1 Å². The van der Waals surface area contributed by atoms with Crippen LogP contribution >= 0.6 is 22.9 Å². The molecular weight excluding hydrogens is 192 g/mol. The van der Waals surface area contributed by atoms with Crippen LogP contribution < -0.4 is 0 Å². The van der Waals surface area contributed by atoms with E-state index in [1.165, 1.54) is 24.5 Å². The molecule has 1 aliphatic rings. The van der Waals surface area contributed by atoms with Gasteiger partial charge in [-0.05, 0) is 19.5 Å². The first-order valence-corrected chi connectivity index (χ1v) is 5.51. The molecule has 0 atom stereocenters. The largest absolute Gasteiger partial charge is 0.297 e. The highest BCUT2D eigenvalue weighted by Crippen LogP contribution is 2.16. The summed E-state index contributed by atoms with van der Waals surface area (Å²) in [6.07, 6.45) is 1.34. The van der Waals surface area contributed by atoms with Crippen LogP contribution in [0.5, 0.6) is 0 Å². The highest BCUT2D eigenvalue weighted by atomic mass is 35.5. The number of aromatic nitrogens is 1. The second kappa shape index (κ2) is 3.73. The highest BCUT2D eigenvalue weighted by molar-refractivity contribution is 7.09. The van der Waals surface area contributed by atoms with E-state index in [1.54, 1.807) is 11.3 Å². The summed E-state index contributed by atoms with van der Waals surface area (Å²) < 4.78 is 0. The van der Waals surface area contributed by atoms with Crippen molar-refractivity contribution in [3.63, 3.8) is 0 Å². The van der Waals surface area contributed by atoms with E-state index in [-0.39, 0.29) is 0 Å². The number of thiazole rings is 1. The predicted molar refractivity (Wildman–Crippen MR) is 51.6 cm³/mol. The monoisotopic (exact) mass is 202 g/mol. The van der Waals surface area contributed by atoms with Gasteiger partial charge in [0.2, 0.25) is 0 Å². The van der Waals surface area contributed by atoms with E-state index in [4.69, 9.17) is 11.6 Å². The number of hydrogen-bond donors (Lipinski definition) is 0. The Balaban J connectivity index is 1.93. The molecule has 0 N–H and O–H groups in total. The van der Waals surface area contributed by atoms with Crippen molar-refractivity contribution in [3.05, 3.63) is 16.1 Å². The number of nitrogens with zero attached hydrogens (tertiary/aromatic N) is 2. The smallest absolute Gasteiger partial charge is 0.107 e. The zero-order chi connectivity index (χ0) is 8.39. The minimum atomic E-state index is 0.538. The molecule has 2 heterocycles. The maximum absolute atomic E-state index is 5.66. The molecule has 66 valence electrons. The quantitative estimate of drug-likeness (QED) is 0.698. The first-order valence-electron chi connectivity index (χ1n) is 4.10. The van der Waals surface area contributed by atoms with Crippen LogP contribution in [-0.4, -0.2) is 23.0 Å². The SMILES string of the molecule is ClCc1csc(CN2CCC2)n1. The van der Waals surface area contributed by atoms with Gasteiger partial charge in [-0.15, -0.1) is 22.9 Å². The Kier molecular flexibility index (Phi) is 2.63. The lowest BCUT2D eigenvalue weighted by Gasteiger charge is -2.29. The van der Waals surface area contributed by atoms with Crippen molar-refractivity contribution in [2.24, 2.45) is 0 Å². The Morgan fingerprint density at radius 1 is 1.58 bits per heavy atom. The standard InChI is InChI=1S/C8H11ClN2S/c9-4-7-6-12-8(10-7)5-11-2-1-3-11/h6H,1-5H2. The van der Waals surface area contributed by atoms with E-state index in [9.17, 15) is 0 Å². The fourth-order valence-corrected chi connectivity index (χ4v) is 2.28. The molecule has 2 nitrogen and oxygen atoms in total. The summed E-state index contributed by atoms with van der Waals surface area (Å²) >= 11 is 7.37. The zero-order valence-electron chi connectivity index (χ0n) is 6.79. The summed E-state index contributed by atoms with van der Waals surface area (Å²) in [6, 6.07) is 0. The van der Waals surface area contributed by atoms with Crippen LogP contribution in [0.4, 0.5) is 0 Å². The Bertz CT molecular complexity index is 257. The summed E-state index contributed by atoms with van der Waals surface area (Å²) in [5.74, 6) is 0.538. The van der Waals surface area contributed by atoms with Crippen LogP contribution in [0.25, 0.3) is 0 Å². The zero-order valence-corrected chi connectivity index (χ0v) is 8.37. The third kappa shape index (κ3) is 1.79. The maximum atomic E-state index is 5.66. The number of rotatable bonds is 3. The molecule has 1 fully saturated rings. The lowest BCUT2D eigenvalue weighted by molar-refractivity contribution is 0.172. The second-order valence-corrected chi connectivity index (χ2v) is 4.21. The third-order valence-electron chi connectivity index (χ3n) is 2.04. The molecule has 0 aliphatic carbocycles. The molecule has 1 saturated heterocycles. The van der Waals surface area contributed by atoms with Gasteiger partial charge in [0, 0.05) is 5.38 Å². The normalized spacial score (nSPS) is 17.8. The van der Waals surface area contributed by atoms with Gasteiger partial charge in [0.15, 0.2) is 0 Å². The third-order valence-corrected chi connectivity index (χ3v) is 3.20. The Morgan fingerprint density at radius 3 is 2.92 bits per heavy atom. The summed E-state index contributed by atoms with van der Waals surface area (Å²) in [7, 11) is 0. The second-order valence-electron chi connectivity index (χ2n) is 3.00. The Hall–Kier alpha value is -0.120. The molecule has 4 heteroatoms. The number of halogens is 1. The maximum Gasteiger partial charge on any atom is 0.107 e. The molecule has 0 spiro atoms. The van der Waals surface area contributed by atoms with E-state index in [1.807, 2.05) is 5.38 Å². The van der Waals surface area contributed by atoms with E-state index in [0.29, 0.717) is 5.88 Å².